The van der Waals surface area contributed by atoms with E-state index < -0.39 is 6.10 Å². The summed E-state index contributed by atoms with van der Waals surface area (Å²) in [6.07, 6.45) is 2.26. The topological polar surface area (TPSA) is 61.8 Å². The van der Waals surface area contributed by atoms with Crippen LogP contribution in [0.2, 0.25) is 0 Å². The van der Waals surface area contributed by atoms with Crippen LogP contribution in [0.4, 0.5) is 4.79 Å². The number of nitrogens with one attached hydrogen (secondary N) is 1. The van der Waals surface area contributed by atoms with Crippen molar-refractivity contribution < 1.29 is 14.6 Å². The third-order valence-corrected chi connectivity index (χ3v) is 3.92. The standard InChI is InChI=1S/C15H30N2O3/c1-5-11(2)8-12(3)16-15(19)17-6-7-20-10-14(17)9-13(4)18/h11-14,18H,5-10H2,1-4H3,(H,16,19). The molecule has 4 atom stereocenters. The lowest BCUT2D eigenvalue weighted by Crippen LogP contribution is -2.54. The molecule has 1 fully saturated rings. The first-order valence-electron chi connectivity index (χ1n) is 7.77. The quantitative estimate of drug-likeness (QED) is 0.785. The van der Waals surface area contributed by atoms with Gasteiger partial charge in [-0.2, -0.15) is 0 Å². The lowest BCUT2D eigenvalue weighted by atomic mass is 10.0. The van der Waals surface area contributed by atoms with Crippen LogP contribution in [-0.4, -0.2) is 54.0 Å². The predicted molar refractivity (Wildman–Crippen MR) is 79.7 cm³/mol. The van der Waals surface area contributed by atoms with Gasteiger partial charge in [0, 0.05) is 12.6 Å². The number of aliphatic hydroxyl groups excluding tert-OH is 1. The van der Waals surface area contributed by atoms with Gasteiger partial charge in [0.2, 0.25) is 0 Å². The fourth-order valence-corrected chi connectivity index (χ4v) is 2.63. The molecule has 0 aromatic rings. The van der Waals surface area contributed by atoms with Crippen LogP contribution in [0.15, 0.2) is 0 Å². The number of ether oxygens (including phenoxy) is 1. The van der Waals surface area contributed by atoms with Crippen LogP contribution in [0, 0.1) is 5.92 Å². The maximum Gasteiger partial charge on any atom is 0.318 e. The number of morpholine rings is 1. The average molecular weight is 286 g/mol. The first-order valence-corrected chi connectivity index (χ1v) is 7.77. The molecule has 0 bridgehead atoms. The number of hydrogen-bond acceptors (Lipinski definition) is 3. The Morgan fingerprint density at radius 3 is 2.75 bits per heavy atom. The van der Waals surface area contributed by atoms with E-state index in [4.69, 9.17) is 4.74 Å². The maximum atomic E-state index is 12.3. The molecule has 0 radical (unpaired) electrons. The summed E-state index contributed by atoms with van der Waals surface area (Å²) >= 11 is 0. The van der Waals surface area contributed by atoms with Crippen molar-refractivity contribution >= 4 is 6.03 Å². The summed E-state index contributed by atoms with van der Waals surface area (Å²) in [5.74, 6) is 0.614. The minimum Gasteiger partial charge on any atom is -0.393 e. The number of urea groups is 1. The molecule has 5 nitrogen and oxygen atoms in total. The van der Waals surface area contributed by atoms with E-state index in [2.05, 4.69) is 19.2 Å². The van der Waals surface area contributed by atoms with Crippen molar-refractivity contribution in [2.75, 3.05) is 19.8 Å². The highest BCUT2D eigenvalue weighted by Crippen LogP contribution is 2.14. The van der Waals surface area contributed by atoms with Gasteiger partial charge in [0.25, 0.3) is 0 Å². The zero-order valence-electron chi connectivity index (χ0n) is 13.3. The molecule has 118 valence electrons. The molecule has 0 spiro atoms. The molecule has 1 rings (SSSR count). The first kappa shape index (κ1) is 17.2. The second-order valence-corrected chi connectivity index (χ2v) is 6.11. The molecule has 1 heterocycles. The Kier molecular flexibility index (Phi) is 7.30. The van der Waals surface area contributed by atoms with Gasteiger partial charge in [-0.25, -0.2) is 4.79 Å². The van der Waals surface area contributed by atoms with Crippen molar-refractivity contribution in [3.63, 3.8) is 0 Å². The molecule has 2 amide bonds. The number of hydrogen-bond donors (Lipinski definition) is 2. The van der Waals surface area contributed by atoms with E-state index >= 15 is 0 Å². The minimum atomic E-state index is -0.422. The summed E-state index contributed by atoms with van der Waals surface area (Å²) in [5.41, 5.74) is 0. The highest BCUT2D eigenvalue weighted by molar-refractivity contribution is 5.75. The van der Waals surface area contributed by atoms with E-state index in [9.17, 15) is 9.90 Å². The van der Waals surface area contributed by atoms with Gasteiger partial charge < -0.3 is 20.1 Å². The monoisotopic (exact) mass is 286 g/mol. The summed E-state index contributed by atoms with van der Waals surface area (Å²) in [6.45, 7) is 9.85. The average Bonchev–Trinajstić information content (AvgIpc) is 2.38. The largest absolute Gasteiger partial charge is 0.393 e. The predicted octanol–water partition coefficient (Wildman–Crippen LogP) is 1.99. The van der Waals surface area contributed by atoms with Crippen LogP contribution >= 0.6 is 0 Å². The Labute approximate surface area is 122 Å². The third-order valence-electron chi connectivity index (χ3n) is 3.92. The van der Waals surface area contributed by atoms with E-state index in [1.54, 1.807) is 6.92 Å². The van der Waals surface area contributed by atoms with Crippen LogP contribution in [0.5, 0.6) is 0 Å². The molecule has 20 heavy (non-hydrogen) atoms. The number of aliphatic hydroxyl groups is 1. The van der Waals surface area contributed by atoms with Crippen LogP contribution in [0.25, 0.3) is 0 Å². The second kappa shape index (κ2) is 8.47. The van der Waals surface area contributed by atoms with Crippen molar-refractivity contribution in [2.24, 2.45) is 5.92 Å². The molecule has 0 saturated carbocycles. The summed E-state index contributed by atoms with van der Waals surface area (Å²) < 4.78 is 5.42. The van der Waals surface area contributed by atoms with Gasteiger partial charge >= 0.3 is 6.03 Å². The molecule has 0 aliphatic carbocycles. The van der Waals surface area contributed by atoms with Crippen molar-refractivity contribution in [3.05, 3.63) is 0 Å². The van der Waals surface area contributed by atoms with Crippen molar-refractivity contribution in [2.45, 2.75) is 65.1 Å². The van der Waals surface area contributed by atoms with Gasteiger partial charge in [-0.1, -0.05) is 20.3 Å². The highest BCUT2D eigenvalue weighted by Gasteiger charge is 2.28. The molecule has 5 heteroatoms. The van der Waals surface area contributed by atoms with Crippen LogP contribution in [0.3, 0.4) is 0 Å². The Morgan fingerprint density at radius 1 is 1.45 bits per heavy atom. The number of carbonyl (C=O) groups is 1. The van der Waals surface area contributed by atoms with Gasteiger partial charge in [0.15, 0.2) is 0 Å². The van der Waals surface area contributed by atoms with Gasteiger partial charge in [-0.15, -0.1) is 0 Å². The van der Waals surface area contributed by atoms with Crippen molar-refractivity contribution in [1.82, 2.24) is 10.2 Å². The van der Waals surface area contributed by atoms with Gasteiger partial charge in [-0.05, 0) is 32.6 Å². The normalized spacial score (nSPS) is 24.1. The smallest absolute Gasteiger partial charge is 0.318 e. The summed E-state index contributed by atoms with van der Waals surface area (Å²) in [7, 11) is 0. The Balaban J connectivity index is 2.50. The molecular weight excluding hydrogens is 256 g/mol. The molecule has 0 aromatic carbocycles. The molecule has 1 aliphatic rings. The van der Waals surface area contributed by atoms with E-state index in [1.165, 1.54) is 0 Å². The lowest BCUT2D eigenvalue weighted by Gasteiger charge is -2.37. The van der Waals surface area contributed by atoms with Crippen LogP contribution < -0.4 is 5.32 Å². The highest BCUT2D eigenvalue weighted by atomic mass is 16.5. The van der Waals surface area contributed by atoms with E-state index in [0.717, 1.165) is 12.8 Å². The molecule has 0 aromatic heterocycles. The van der Waals surface area contributed by atoms with Crippen LogP contribution in [-0.2, 0) is 4.74 Å². The molecule has 1 aliphatic heterocycles. The molecule has 1 saturated heterocycles. The summed E-state index contributed by atoms with van der Waals surface area (Å²) in [4.78, 5) is 14.2. The fourth-order valence-electron chi connectivity index (χ4n) is 2.63. The summed E-state index contributed by atoms with van der Waals surface area (Å²) in [6, 6.07) is 0.113. The van der Waals surface area contributed by atoms with Gasteiger partial charge in [0.1, 0.15) is 0 Å². The fraction of sp³-hybridized carbons (Fsp3) is 0.933. The second-order valence-electron chi connectivity index (χ2n) is 6.11. The zero-order valence-corrected chi connectivity index (χ0v) is 13.3. The van der Waals surface area contributed by atoms with E-state index in [0.29, 0.717) is 32.1 Å². The molecular formula is C15H30N2O3. The first-order chi connectivity index (χ1) is 9.43. The minimum absolute atomic E-state index is 0.0282. The van der Waals surface area contributed by atoms with Crippen molar-refractivity contribution in [1.29, 1.82) is 0 Å². The van der Waals surface area contributed by atoms with E-state index in [-0.39, 0.29) is 18.1 Å². The molecule has 2 N–H and O–H groups in total. The van der Waals surface area contributed by atoms with Gasteiger partial charge in [-0.3, -0.25) is 0 Å². The maximum absolute atomic E-state index is 12.3. The number of amides is 2. The van der Waals surface area contributed by atoms with Crippen molar-refractivity contribution in [3.8, 4) is 0 Å². The van der Waals surface area contributed by atoms with Gasteiger partial charge in [0.05, 0.1) is 25.4 Å². The Morgan fingerprint density at radius 2 is 2.15 bits per heavy atom. The van der Waals surface area contributed by atoms with Crippen LogP contribution in [0.1, 0.15) is 47.0 Å². The summed E-state index contributed by atoms with van der Waals surface area (Å²) in [5, 5.41) is 12.6. The SMILES string of the molecule is CCC(C)CC(C)NC(=O)N1CCOCC1CC(C)O. The van der Waals surface area contributed by atoms with E-state index in [1.807, 2.05) is 11.8 Å². The lowest BCUT2D eigenvalue weighted by molar-refractivity contribution is -0.00483. The number of nitrogens with zero attached hydrogens (tertiary/aromatic N) is 1. The zero-order chi connectivity index (χ0) is 15.1. The molecule has 4 unspecified atom stereocenters. The Bertz CT molecular complexity index is 297. The Hall–Kier alpha value is -0.810. The third kappa shape index (κ3) is 5.67. The number of rotatable bonds is 6. The number of carbonyl (C=O) groups excluding carboxylic acids is 1.